The summed E-state index contributed by atoms with van der Waals surface area (Å²) in [6, 6.07) is 8.14. The second-order valence-corrected chi connectivity index (χ2v) is 8.47. The monoisotopic (exact) mass is 344 g/mol. The Bertz CT molecular complexity index is 775. The largest absolute Gasteiger partial charge is 0.495 e. The molecule has 3 saturated heterocycles. The number of fused-ring (bicyclic) bond motifs is 4. The number of benzene rings is 1. The summed E-state index contributed by atoms with van der Waals surface area (Å²) in [7, 11) is 1.67. The Morgan fingerprint density at radius 2 is 2.08 bits per heavy atom. The fraction of sp³-hybridized carbons (Fsp3) is 0.526. The number of carbonyl (C=O) groups is 1. The fourth-order valence-corrected chi connectivity index (χ4v) is 5.45. The lowest BCUT2D eigenvalue weighted by Gasteiger charge is -2.56. The Hall–Kier alpha value is -1.59. The average Bonchev–Trinajstić information content (AvgIpc) is 3.02. The van der Waals surface area contributed by atoms with Gasteiger partial charge in [-0.05, 0) is 63.2 Å². The molecule has 5 heteroatoms. The zero-order valence-corrected chi connectivity index (χ0v) is 15.3. The third-order valence-electron chi connectivity index (χ3n) is 5.83. The Morgan fingerprint density at radius 3 is 2.75 bits per heavy atom. The first-order chi connectivity index (χ1) is 11.5. The van der Waals surface area contributed by atoms with Crippen molar-refractivity contribution in [3.63, 3.8) is 0 Å². The molecule has 1 amide bonds. The van der Waals surface area contributed by atoms with Crippen LogP contribution in [0.5, 0.6) is 5.75 Å². The van der Waals surface area contributed by atoms with Crippen LogP contribution in [0.2, 0.25) is 0 Å². The molecular formula is C19H24N2O2S. The van der Waals surface area contributed by atoms with E-state index in [1.807, 2.05) is 24.3 Å². The standard InChI is InChI=1S/C19H24N2O2S/c1-19(2)17(12-7-9-21(19)10-8-12)20-18(22)15-11-13-5-4-6-14(23-3)16(13)24-15/h4-6,11-12,17H,7-10H2,1-3H3,(H,20,22)/t17-/m1/s1. The van der Waals surface area contributed by atoms with E-state index in [-0.39, 0.29) is 17.5 Å². The van der Waals surface area contributed by atoms with Gasteiger partial charge in [0.15, 0.2) is 0 Å². The van der Waals surface area contributed by atoms with Crippen molar-refractivity contribution >= 4 is 27.3 Å². The van der Waals surface area contributed by atoms with Crippen LogP contribution in [0.3, 0.4) is 0 Å². The molecule has 2 bridgehead atoms. The van der Waals surface area contributed by atoms with E-state index in [4.69, 9.17) is 4.74 Å². The van der Waals surface area contributed by atoms with E-state index >= 15 is 0 Å². The highest BCUT2D eigenvalue weighted by Gasteiger charge is 2.48. The number of nitrogens with one attached hydrogen (secondary N) is 1. The maximum absolute atomic E-state index is 12.9. The van der Waals surface area contributed by atoms with E-state index in [9.17, 15) is 4.79 Å². The molecule has 5 rings (SSSR count). The van der Waals surface area contributed by atoms with Crippen LogP contribution in [0.25, 0.3) is 10.1 Å². The molecule has 0 saturated carbocycles. The van der Waals surface area contributed by atoms with Crippen LogP contribution in [0, 0.1) is 5.92 Å². The maximum Gasteiger partial charge on any atom is 0.261 e. The summed E-state index contributed by atoms with van der Waals surface area (Å²) in [6.07, 6.45) is 2.38. The van der Waals surface area contributed by atoms with Crippen molar-refractivity contribution in [2.24, 2.45) is 5.92 Å². The van der Waals surface area contributed by atoms with Gasteiger partial charge in [-0.15, -0.1) is 11.3 Å². The highest BCUT2D eigenvalue weighted by atomic mass is 32.1. The highest BCUT2D eigenvalue weighted by molar-refractivity contribution is 7.21. The molecule has 3 aliphatic rings. The van der Waals surface area contributed by atoms with Crippen LogP contribution in [0.15, 0.2) is 24.3 Å². The van der Waals surface area contributed by atoms with Gasteiger partial charge in [0.05, 0.1) is 16.7 Å². The second kappa shape index (κ2) is 5.74. The summed E-state index contributed by atoms with van der Waals surface area (Å²) in [4.78, 5) is 16.2. The average molecular weight is 344 g/mol. The fourth-order valence-electron chi connectivity index (χ4n) is 4.40. The summed E-state index contributed by atoms with van der Waals surface area (Å²) in [6.45, 7) is 6.84. The number of carbonyl (C=O) groups excluding carboxylic acids is 1. The van der Waals surface area contributed by atoms with Crippen LogP contribution < -0.4 is 10.1 Å². The lowest BCUT2D eigenvalue weighted by atomic mass is 9.72. The SMILES string of the molecule is COc1cccc2cc(C(=O)N[C@@H]3C4CCN(CC4)C3(C)C)sc12. The molecule has 0 unspecified atom stereocenters. The first-order valence-corrected chi connectivity index (χ1v) is 9.45. The third-order valence-corrected chi connectivity index (χ3v) is 6.99. The normalized spacial score (nSPS) is 28.0. The Labute approximate surface area is 146 Å². The van der Waals surface area contributed by atoms with Gasteiger partial charge in [-0.2, -0.15) is 0 Å². The van der Waals surface area contributed by atoms with Gasteiger partial charge in [0.2, 0.25) is 0 Å². The molecule has 2 aromatic rings. The quantitative estimate of drug-likeness (QED) is 0.926. The van der Waals surface area contributed by atoms with E-state index < -0.39 is 0 Å². The van der Waals surface area contributed by atoms with E-state index in [1.165, 1.54) is 24.2 Å². The summed E-state index contributed by atoms with van der Waals surface area (Å²) >= 11 is 1.51. The van der Waals surface area contributed by atoms with E-state index in [0.29, 0.717) is 5.92 Å². The van der Waals surface area contributed by atoms with Gasteiger partial charge in [-0.1, -0.05) is 12.1 Å². The molecule has 128 valence electrons. The highest BCUT2D eigenvalue weighted by Crippen LogP contribution is 2.39. The van der Waals surface area contributed by atoms with Crippen LogP contribution in [-0.4, -0.2) is 42.6 Å². The lowest BCUT2D eigenvalue weighted by molar-refractivity contribution is -0.0377. The summed E-state index contributed by atoms with van der Waals surface area (Å²) in [5.74, 6) is 1.47. The second-order valence-electron chi connectivity index (χ2n) is 7.42. The minimum atomic E-state index is 0.0329. The first-order valence-electron chi connectivity index (χ1n) is 8.63. The molecule has 4 nitrogen and oxygen atoms in total. The van der Waals surface area contributed by atoms with Crippen LogP contribution >= 0.6 is 11.3 Å². The molecule has 24 heavy (non-hydrogen) atoms. The zero-order valence-electron chi connectivity index (χ0n) is 14.5. The first kappa shape index (κ1) is 15.9. The van der Waals surface area contributed by atoms with Gasteiger partial charge in [-0.25, -0.2) is 0 Å². The van der Waals surface area contributed by atoms with E-state index in [2.05, 4.69) is 24.1 Å². The minimum absolute atomic E-state index is 0.0329. The number of thiophene rings is 1. The van der Waals surface area contributed by atoms with Gasteiger partial charge in [0.1, 0.15) is 5.75 Å². The molecule has 0 spiro atoms. The number of methoxy groups -OCH3 is 1. The molecule has 4 heterocycles. The number of nitrogens with zero attached hydrogens (tertiary/aromatic N) is 1. The topological polar surface area (TPSA) is 41.6 Å². The van der Waals surface area contributed by atoms with Crippen molar-refractivity contribution in [3.05, 3.63) is 29.1 Å². The Morgan fingerprint density at radius 1 is 1.33 bits per heavy atom. The number of rotatable bonds is 3. The summed E-state index contributed by atoms with van der Waals surface area (Å²) < 4.78 is 6.46. The summed E-state index contributed by atoms with van der Waals surface area (Å²) in [5.41, 5.74) is 0.0329. The molecule has 0 aliphatic carbocycles. The van der Waals surface area contributed by atoms with Gasteiger partial charge in [0, 0.05) is 11.6 Å². The van der Waals surface area contributed by atoms with Crippen molar-refractivity contribution in [1.29, 1.82) is 0 Å². The third kappa shape index (κ3) is 2.42. The number of hydrogen-bond acceptors (Lipinski definition) is 4. The number of hydrogen-bond donors (Lipinski definition) is 1. The molecule has 1 atom stereocenters. The maximum atomic E-state index is 12.9. The molecule has 1 aromatic carbocycles. The molecule has 0 radical (unpaired) electrons. The molecule has 1 N–H and O–H groups in total. The van der Waals surface area contributed by atoms with Gasteiger partial charge in [0.25, 0.3) is 5.91 Å². The van der Waals surface area contributed by atoms with Gasteiger partial charge in [-0.3, -0.25) is 9.69 Å². The minimum Gasteiger partial charge on any atom is -0.495 e. The Kier molecular flexibility index (Phi) is 3.81. The van der Waals surface area contributed by atoms with Crippen molar-refractivity contribution in [2.75, 3.05) is 20.2 Å². The number of piperidine rings is 3. The number of amides is 1. The van der Waals surface area contributed by atoms with Crippen molar-refractivity contribution in [3.8, 4) is 5.75 Å². The molecular weight excluding hydrogens is 320 g/mol. The predicted molar refractivity (Wildman–Crippen MR) is 98.0 cm³/mol. The smallest absolute Gasteiger partial charge is 0.261 e. The molecule has 1 aromatic heterocycles. The van der Waals surface area contributed by atoms with Crippen molar-refractivity contribution < 1.29 is 9.53 Å². The van der Waals surface area contributed by atoms with Crippen molar-refractivity contribution in [2.45, 2.75) is 38.3 Å². The van der Waals surface area contributed by atoms with Crippen LogP contribution in [0.1, 0.15) is 36.4 Å². The van der Waals surface area contributed by atoms with Crippen molar-refractivity contribution in [1.82, 2.24) is 10.2 Å². The van der Waals surface area contributed by atoms with E-state index in [0.717, 1.165) is 33.8 Å². The van der Waals surface area contributed by atoms with Crippen LogP contribution in [0.4, 0.5) is 0 Å². The lowest BCUT2D eigenvalue weighted by Crippen LogP contribution is -2.69. The predicted octanol–water partition coefficient (Wildman–Crippen LogP) is 3.51. The Balaban J connectivity index is 1.60. The van der Waals surface area contributed by atoms with Gasteiger partial charge >= 0.3 is 0 Å². The summed E-state index contributed by atoms with van der Waals surface area (Å²) in [5, 5.41) is 4.41. The molecule has 3 fully saturated rings. The molecule has 3 aliphatic heterocycles. The number of ether oxygens (including phenoxy) is 1. The van der Waals surface area contributed by atoms with E-state index in [1.54, 1.807) is 7.11 Å². The van der Waals surface area contributed by atoms with Crippen LogP contribution in [-0.2, 0) is 0 Å². The van der Waals surface area contributed by atoms with Gasteiger partial charge < -0.3 is 10.1 Å². The zero-order chi connectivity index (χ0) is 16.9.